The summed E-state index contributed by atoms with van der Waals surface area (Å²) in [5.41, 5.74) is 0. The standard InChI is InChI=1S/C6H10N2O4/c7-1-4(2-9)6(8-12)5(11)3-10/h4-6,9-11H,2-3H2. The van der Waals surface area contributed by atoms with Gasteiger partial charge in [0.05, 0.1) is 25.2 Å². The minimum absolute atomic E-state index is 0.566. The van der Waals surface area contributed by atoms with E-state index in [1.165, 1.54) is 0 Å². The molecule has 3 unspecified atom stereocenters. The van der Waals surface area contributed by atoms with Crippen LogP contribution in [-0.2, 0) is 0 Å². The molecular weight excluding hydrogens is 164 g/mol. The molecule has 0 fully saturated rings. The second-order valence-corrected chi connectivity index (χ2v) is 2.26. The first-order valence-electron chi connectivity index (χ1n) is 3.33. The maximum atomic E-state index is 10.1. The van der Waals surface area contributed by atoms with Crippen LogP contribution in [0.4, 0.5) is 0 Å². The molecule has 3 atom stereocenters. The summed E-state index contributed by atoms with van der Waals surface area (Å²) in [7, 11) is 0. The molecule has 12 heavy (non-hydrogen) atoms. The summed E-state index contributed by atoms with van der Waals surface area (Å²) in [6.45, 7) is -1.22. The molecule has 0 saturated carbocycles. The Balaban J connectivity index is 4.32. The van der Waals surface area contributed by atoms with Gasteiger partial charge in [-0.3, -0.25) is 0 Å². The summed E-state index contributed by atoms with van der Waals surface area (Å²) in [5, 5.41) is 36.8. The first-order valence-corrected chi connectivity index (χ1v) is 3.33. The Morgan fingerprint density at radius 1 is 1.42 bits per heavy atom. The number of hydrogen-bond acceptors (Lipinski definition) is 6. The Bertz CT molecular complexity index is 179. The summed E-state index contributed by atoms with van der Waals surface area (Å²) in [4.78, 5) is 10.1. The summed E-state index contributed by atoms with van der Waals surface area (Å²) in [5.74, 6) is -1.07. The van der Waals surface area contributed by atoms with Crippen molar-refractivity contribution in [2.24, 2.45) is 11.1 Å². The van der Waals surface area contributed by atoms with Crippen LogP contribution >= 0.6 is 0 Å². The second-order valence-electron chi connectivity index (χ2n) is 2.26. The number of aliphatic hydroxyl groups is 3. The normalized spacial score (nSPS) is 17.5. The van der Waals surface area contributed by atoms with E-state index in [2.05, 4.69) is 5.18 Å². The predicted molar refractivity (Wildman–Crippen MR) is 38.9 cm³/mol. The molecule has 0 aromatic rings. The van der Waals surface area contributed by atoms with Crippen LogP contribution in [0.1, 0.15) is 0 Å². The van der Waals surface area contributed by atoms with Crippen molar-refractivity contribution in [3.05, 3.63) is 4.91 Å². The molecule has 0 saturated heterocycles. The highest BCUT2D eigenvalue weighted by atomic mass is 16.3. The summed E-state index contributed by atoms with van der Waals surface area (Å²) in [6.07, 6.45) is -1.39. The Morgan fingerprint density at radius 3 is 2.25 bits per heavy atom. The monoisotopic (exact) mass is 174 g/mol. The third-order valence-electron chi connectivity index (χ3n) is 1.48. The zero-order valence-electron chi connectivity index (χ0n) is 6.29. The molecule has 0 amide bonds. The number of aliphatic hydroxyl groups excluding tert-OH is 3. The molecule has 0 bridgehead atoms. The van der Waals surface area contributed by atoms with Gasteiger partial charge in [-0.25, -0.2) is 0 Å². The largest absolute Gasteiger partial charge is 0.395 e. The lowest BCUT2D eigenvalue weighted by Crippen LogP contribution is -2.35. The number of nitrogens with zero attached hydrogens (tertiary/aromatic N) is 2. The Kier molecular flexibility index (Phi) is 5.12. The van der Waals surface area contributed by atoms with Crippen molar-refractivity contribution in [2.75, 3.05) is 13.2 Å². The van der Waals surface area contributed by atoms with E-state index in [1.54, 1.807) is 6.07 Å². The molecule has 0 aromatic heterocycles. The fourth-order valence-electron chi connectivity index (χ4n) is 0.745. The Hall–Kier alpha value is -1.03. The van der Waals surface area contributed by atoms with Gasteiger partial charge in [-0.1, -0.05) is 5.18 Å². The van der Waals surface area contributed by atoms with Crippen LogP contribution < -0.4 is 0 Å². The fraction of sp³-hybridized carbons (Fsp3) is 0.833. The van der Waals surface area contributed by atoms with Crippen LogP contribution in [0.5, 0.6) is 0 Å². The summed E-state index contributed by atoms with van der Waals surface area (Å²) >= 11 is 0. The van der Waals surface area contributed by atoms with Gasteiger partial charge in [0.2, 0.25) is 0 Å². The van der Waals surface area contributed by atoms with Gasteiger partial charge in [0.15, 0.2) is 0 Å². The van der Waals surface area contributed by atoms with Gasteiger partial charge < -0.3 is 15.3 Å². The third kappa shape index (κ3) is 2.54. The molecule has 0 aliphatic rings. The Labute approximate surface area is 69.0 Å². The highest BCUT2D eigenvalue weighted by Crippen LogP contribution is 2.10. The first-order chi connectivity index (χ1) is 5.71. The molecule has 0 aliphatic carbocycles. The van der Waals surface area contributed by atoms with E-state index in [0.717, 1.165) is 0 Å². The lowest BCUT2D eigenvalue weighted by molar-refractivity contribution is 0.0547. The van der Waals surface area contributed by atoms with Crippen molar-refractivity contribution < 1.29 is 15.3 Å². The van der Waals surface area contributed by atoms with Gasteiger partial charge in [0.25, 0.3) is 0 Å². The van der Waals surface area contributed by atoms with E-state index in [0.29, 0.717) is 0 Å². The highest BCUT2D eigenvalue weighted by Gasteiger charge is 2.28. The minimum atomic E-state index is -1.39. The van der Waals surface area contributed by atoms with Gasteiger partial charge in [-0.05, 0) is 0 Å². The van der Waals surface area contributed by atoms with Crippen molar-refractivity contribution in [1.29, 1.82) is 5.26 Å². The topological polar surface area (TPSA) is 114 Å². The van der Waals surface area contributed by atoms with Crippen molar-refractivity contribution in [2.45, 2.75) is 12.1 Å². The van der Waals surface area contributed by atoms with Crippen molar-refractivity contribution in [3.63, 3.8) is 0 Å². The number of rotatable bonds is 5. The van der Waals surface area contributed by atoms with Crippen LogP contribution in [0.3, 0.4) is 0 Å². The first kappa shape index (κ1) is 11.0. The lowest BCUT2D eigenvalue weighted by atomic mass is 9.98. The molecule has 6 nitrogen and oxygen atoms in total. The van der Waals surface area contributed by atoms with E-state index < -0.39 is 31.3 Å². The lowest BCUT2D eigenvalue weighted by Gasteiger charge is -2.16. The smallest absolute Gasteiger partial charge is 0.138 e. The molecule has 0 aromatic carbocycles. The summed E-state index contributed by atoms with van der Waals surface area (Å²) < 4.78 is 0. The third-order valence-corrected chi connectivity index (χ3v) is 1.48. The molecule has 0 spiro atoms. The summed E-state index contributed by atoms with van der Waals surface area (Å²) in [6, 6.07) is 0.330. The highest BCUT2D eigenvalue weighted by molar-refractivity contribution is 4.95. The van der Waals surface area contributed by atoms with Crippen LogP contribution in [0.25, 0.3) is 0 Å². The zero-order valence-corrected chi connectivity index (χ0v) is 6.29. The van der Waals surface area contributed by atoms with Crippen molar-refractivity contribution in [1.82, 2.24) is 0 Å². The van der Waals surface area contributed by atoms with Gasteiger partial charge in [-0.2, -0.15) is 10.2 Å². The van der Waals surface area contributed by atoms with E-state index in [9.17, 15) is 4.91 Å². The minimum Gasteiger partial charge on any atom is -0.395 e. The van der Waals surface area contributed by atoms with Crippen LogP contribution in [-0.4, -0.2) is 40.7 Å². The molecular formula is C6H10N2O4. The predicted octanol–water partition coefficient (Wildman–Crippen LogP) is -1.39. The van der Waals surface area contributed by atoms with Gasteiger partial charge in [-0.15, -0.1) is 0 Å². The number of nitriles is 1. The van der Waals surface area contributed by atoms with Gasteiger partial charge in [0, 0.05) is 0 Å². The van der Waals surface area contributed by atoms with Gasteiger partial charge >= 0.3 is 0 Å². The van der Waals surface area contributed by atoms with Crippen molar-refractivity contribution >= 4 is 0 Å². The SMILES string of the molecule is N#CC(CO)C(N=O)C(O)CO. The fourth-order valence-corrected chi connectivity index (χ4v) is 0.745. The molecule has 0 radical (unpaired) electrons. The molecule has 6 heteroatoms. The van der Waals surface area contributed by atoms with E-state index >= 15 is 0 Å². The molecule has 68 valence electrons. The average molecular weight is 174 g/mol. The number of nitroso groups, excluding NO2 is 1. The zero-order chi connectivity index (χ0) is 9.56. The number of hydrogen-bond donors (Lipinski definition) is 3. The quantitative estimate of drug-likeness (QED) is 0.444. The van der Waals surface area contributed by atoms with E-state index in [1.807, 2.05) is 0 Å². The molecule has 0 aliphatic heterocycles. The van der Waals surface area contributed by atoms with E-state index in [4.69, 9.17) is 20.6 Å². The van der Waals surface area contributed by atoms with Gasteiger partial charge in [0.1, 0.15) is 12.1 Å². The van der Waals surface area contributed by atoms with Crippen LogP contribution in [0.15, 0.2) is 5.18 Å². The molecule has 0 rings (SSSR count). The van der Waals surface area contributed by atoms with Crippen LogP contribution in [0, 0.1) is 22.2 Å². The average Bonchev–Trinajstić information content (AvgIpc) is 2.12. The maximum absolute atomic E-state index is 10.1. The molecule has 0 heterocycles. The maximum Gasteiger partial charge on any atom is 0.138 e. The van der Waals surface area contributed by atoms with E-state index in [-0.39, 0.29) is 0 Å². The Morgan fingerprint density at radius 2 is 2.00 bits per heavy atom. The molecule has 3 N–H and O–H groups in total. The second kappa shape index (κ2) is 5.60. The van der Waals surface area contributed by atoms with Crippen molar-refractivity contribution in [3.8, 4) is 6.07 Å². The van der Waals surface area contributed by atoms with Crippen LogP contribution in [0.2, 0.25) is 0 Å².